The summed E-state index contributed by atoms with van der Waals surface area (Å²) in [6.45, 7) is 5.29. The SMILES string of the molecule is C1CCNCC1.Cc1cc(Cc2ccc3cn(Cc4ccccc4)nc3c2)c2c(N)ncnn12. The topological polar surface area (TPSA) is 86.1 Å². The highest BCUT2D eigenvalue weighted by Gasteiger charge is 2.12. The first kappa shape index (κ1) is 22.1. The van der Waals surface area contributed by atoms with E-state index in [-0.39, 0.29) is 0 Å². The summed E-state index contributed by atoms with van der Waals surface area (Å²) in [5.41, 5.74) is 12.6. The Morgan fingerprint density at radius 1 is 0.971 bits per heavy atom. The van der Waals surface area contributed by atoms with Crippen LogP contribution in [-0.4, -0.2) is 37.5 Å². The average Bonchev–Trinajstić information content (AvgIpc) is 3.41. The summed E-state index contributed by atoms with van der Waals surface area (Å²) in [5, 5.41) is 13.5. The summed E-state index contributed by atoms with van der Waals surface area (Å²) in [7, 11) is 0. The minimum Gasteiger partial charge on any atom is -0.382 e. The number of rotatable bonds is 4. The summed E-state index contributed by atoms with van der Waals surface area (Å²) in [4.78, 5) is 4.15. The van der Waals surface area contributed by atoms with Crippen molar-refractivity contribution in [3.8, 4) is 0 Å². The van der Waals surface area contributed by atoms with Crippen LogP contribution in [0.15, 0.2) is 67.1 Å². The van der Waals surface area contributed by atoms with E-state index in [4.69, 9.17) is 10.8 Å². The molecule has 0 amide bonds. The number of fused-ring (bicyclic) bond motifs is 2. The Morgan fingerprint density at radius 2 is 1.79 bits per heavy atom. The van der Waals surface area contributed by atoms with Gasteiger partial charge in [0.25, 0.3) is 0 Å². The molecule has 0 atom stereocenters. The minimum absolute atomic E-state index is 0.506. The molecule has 0 radical (unpaired) electrons. The third-order valence-corrected chi connectivity index (χ3v) is 6.25. The van der Waals surface area contributed by atoms with Crippen LogP contribution in [0.2, 0.25) is 0 Å². The van der Waals surface area contributed by atoms with Crippen LogP contribution < -0.4 is 11.1 Å². The number of benzene rings is 2. The van der Waals surface area contributed by atoms with Crippen molar-refractivity contribution >= 4 is 22.2 Å². The van der Waals surface area contributed by atoms with Gasteiger partial charge < -0.3 is 11.1 Å². The minimum atomic E-state index is 0.506. The molecular weight excluding hydrogens is 422 g/mol. The molecule has 0 unspecified atom stereocenters. The number of aryl methyl sites for hydroxylation is 1. The van der Waals surface area contributed by atoms with Crippen molar-refractivity contribution in [2.24, 2.45) is 0 Å². The molecule has 3 N–H and O–H groups in total. The van der Waals surface area contributed by atoms with Gasteiger partial charge in [-0.25, -0.2) is 9.50 Å². The number of nitrogens with one attached hydrogen (secondary N) is 1. The Bertz CT molecular complexity index is 1370. The number of hydrogen-bond donors (Lipinski definition) is 2. The van der Waals surface area contributed by atoms with E-state index in [9.17, 15) is 0 Å². The molecule has 1 aliphatic heterocycles. The maximum Gasteiger partial charge on any atom is 0.151 e. The van der Waals surface area contributed by atoms with Crippen LogP contribution in [0.5, 0.6) is 0 Å². The van der Waals surface area contributed by atoms with Crippen LogP contribution in [-0.2, 0) is 13.0 Å². The number of anilines is 1. The molecule has 0 spiro atoms. The van der Waals surface area contributed by atoms with E-state index < -0.39 is 0 Å². The van der Waals surface area contributed by atoms with E-state index in [1.807, 2.05) is 22.2 Å². The second kappa shape index (κ2) is 10.1. The standard InChI is InChI=1S/C22H20N6.C5H11N/c1-15-9-19(21-22(23)24-14-25-28(15)21)10-17-7-8-18-13-27(26-20(18)11-17)12-16-5-3-2-4-6-16;1-2-4-6-5-3-1/h2-9,11,13-14H,10,12H2,1H3,(H2,23,24,25);6H,1-5H2. The number of aromatic nitrogens is 5. The van der Waals surface area contributed by atoms with E-state index in [1.165, 1.54) is 49.8 Å². The van der Waals surface area contributed by atoms with Gasteiger partial charge >= 0.3 is 0 Å². The fourth-order valence-corrected chi connectivity index (χ4v) is 4.55. The molecular formula is C27H31N7. The molecule has 5 aromatic rings. The van der Waals surface area contributed by atoms with E-state index in [0.717, 1.165) is 40.6 Å². The van der Waals surface area contributed by atoms with Crippen LogP contribution in [0.25, 0.3) is 16.4 Å². The number of piperidine rings is 1. The van der Waals surface area contributed by atoms with E-state index in [2.05, 4.69) is 70.1 Å². The first-order chi connectivity index (χ1) is 16.7. The third-order valence-electron chi connectivity index (χ3n) is 6.25. The molecule has 7 nitrogen and oxygen atoms in total. The van der Waals surface area contributed by atoms with Gasteiger partial charge in [0.15, 0.2) is 5.82 Å². The van der Waals surface area contributed by atoms with Crippen molar-refractivity contribution < 1.29 is 0 Å². The molecule has 0 aliphatic carbocycles. The Labute approximate surface area is 199 Å². The van der Waals surface area contributed by atoms with E-state index in [0.29, 0.717) is 5.82 Å². The fraction of sp³-hybridized carbons (Fsp3) is 0.296. The molecule has 1 fully saturated rings. The smallest absolute Gasteiger partial charge is 0.151 e. The van der Waals surface area contributed by atoms with Gasteiger partial charge in [-0.1, -0.05) is 48.9 Å². The second-order valence-electron chi connectivity index (χ2n) is 8.91. The predicted molar refractivity (Wildman–Crippen MR) is 137 cm³/mol. The third kappa shape index (κ3) is 4.94. The van der Waals surface area contributed by atoms with Crippen LogP contribution >= 0.6 is 0 Å². The van der Waals surface area contributed by atoms with Crippen molar-refractivity contribution in [3.63, 3.8) is 0 Å². The molecule has 1 aliphatic rings. The molecule has 4 heterocycles. The molecule has 7 heteroatoms. The highest BCUT2D eigenvalue weighted by molar-refractivity contribution is 5.79. The maximum absolute atomic E-state index is 6.10. The van der Waals surface area contributed by atoms with E-state index in [1.54, 1.807) is 0 Å². The van der Waals surface area contributed by atoms with Crippen molar-refractivity contribution in [2.75, 3.05) is 18.8 Å². The largest absolute Gasteiger partial charge is 0.382 e. The number of hydrogen-bond acceptors (Lipinski definition) is 5. The molecule has 3 aromatic heterocycles. The van der Waals surface area contributed by atoms with Crippen molar-refractivity contribution in [1.82, 2.24) is 29.7 Å². The Balaban J connectivity index is 0.000000351. The van der Waals surface area contributed by atoms with E-state index >= 15 is 0 Å². The summed E-state index contributed by atoms with van der Waals surface area (Å²) in [5.74, 6) is 0.506. The first-order valence-corrected chi connectivity index (χ1v) is 12.0. The normalized spacial score (nSPS) is 13.7. The monoisotopic (exact) mass is 453 g/mol. The number of nitrogen functional groups attached to an aromatic ring is 1. The zero-order chi connectivity index (χ0) is 23.3. The molecule has 174 valence electrons. The van der Waals surface area contributed by atoms with Gasteiger partial charge in [0.05, 0.1) is 12.1 Å². The van der Waals surface area contributed by atoms with Gasteiger partial charge in [0.1, 0.15) is 11.8 Å². The first-order valence-electron chi connectivity index (χ1n) is 12.0. The molecule has 1 saturated heterocycles. The lowest BCUT2D eigenvalue weighted by Gasteiger charge is -2.08. The van der Waals surface area contributed by atoms with Crippen molar-refractivity contribution in [1.29, 1.82) is 0 Å². The number of nitrogens with zero attached hydrogens (tertiary/aromatic N) is 5. The van der Waals surface area contributed by atoms with Crippen molar-refractivity contribution in [2.45, 2.75) is 39.2 Å². The van der Waals surface area contributed by atoms with Gasteiger partial charge in [0, 0.05) is 17.3 Å². The molecule has 6 rings (SSSR count). The lowest BCUT2D eigenvalue weighted by Crippen LogP contribution is -2.21. The maximum atomic E-state index is 6.10. The lowest BCUT2D eigenvalue weighted by atomic mass is 10.0. The predicted octanol–water partition coefficient (Wildman–Crippen LogP) is 4.37. The lowest BCUT2D eigenvalue weighted by molar-refractivity contribution is 0.520. The number of nitrogens with two attached hydrogens (primary N) is 1. The summed E-state index contributed by atoms with van der Waals surface area (Å²) >= 11 is 0. The fourth-order valence-electron chi connectivity index (χ4n) is 4.55. The zero-order valence-corrected chi connectivity index (χ0v) is 19.6. The van der Waals surface area contributed by atoms with Crippen molar-refractivity contribution in [3.05, 3.63) is 89.5 Å². The van der Waals surface area contributed by atoms with Gasteiger partial charge in [0.2, 0.25) is 0 Å². The Morgan fingerprint density at radius 3 is 2.53 bits per heavy atom. The molecule has 34 heavy (non-hydrogen) atoms. The van der Waals surface area contributed by atoms with Crippen LogP contribution in [0.4, 0.5) is 5.82 Å². The molecule has 2 aromatic carbocycles. The summed E-state index contributed by atoms with van der Waals surface area (Å²) in [6, 6.07) is 18.9. The zero-order valence-electron chi connectivity index (χ0n) is 19.6. The highest BCUT2D eigenvalue weighted by atomic mass is 15.3. The second-order valence-corrected chi connectivity index (χ2v) is 8.91. The average molecular weight is 454 g/mol. The molecule has 0 saturated carbocycles. The van der Waals surface area contributed by atoms with Gasteiger partial charge in [-0.2, -0.15) is 10.2 Å². The van der Waals surface area contributed by atoms with Crippen LogP contribution in [0.3, 0.4) is 0 Å². The van der Waals surface area contributed by atoms with Gasteiger partial charge in [-0.05, 0) is 68.1 Å². The van der Waals surface area contributed by atoms with Gasteiger partial charge in [-0.3, -0.25) is 4.68 Å². The van der Waals surface area contributed by atoms with Gasteiger partial charge in [-0.15, -0.1) is 0 Å². The quantitative estimate of drug-likeness (QED) is 0.422. The summed E-state index contributed by atoms with van der Waals surface area (Å²) < 4.78 is 3.85. The highest BCUT2D eigenvalue weighted by Crippen LogP contribution is 2.24. The van der Waals surface area contributed by atoms with Crippen LogP contribution in [0.1, 0.15) is 41.6 Å². The molecule has 0 bridgehead atoms. The summed E-state index contributed by atoms with van der Waals surface area (Å²) in [6.07, 6.45) is 8.56. The Kier molecular flexibility index (Phi) is 6.53. The Hall–Kier alpha value is -3.71. The van der Waals surface area contributed by atoms with Crippen LogP contribution in [0, 0.1) is 6.92 Å².